The Kier molecular flexibility index (Phi) is 16.7. The van der Waals surface area contributed by atoms with Crippen LogP contribution in [0, 0.1) is 0 Å². The second-order valence-corrected chi connectivity index (χ2v) is 21.7. The largest absolute Gasteiger partial charge is 0.511 e. The molecule has 1 unspecified atom stereocenters. The van der Waals surface area contributed by atoms with Gasteiger partial charge in [0.25, 0.3) is 0 Å². The highest BCUT2D eigenvalue weighted by Crippen LogP contribution is 2.61. The van der Waals surface area contributed by atoms with E-state index in [1.165, 1.54) is 0 Å². The van der Waals surface area contributed by atoms with Crippen LogP contribution in [0.5, 0.6) is 0 Å². The minimum atomic E-state index is -3.58. The zero-order valence-electron chi connectivity index (χ0n) is 24.5. The second-order valence-electron chi connectivity index (χ2n) is 8.20. The molecule has 0 heterocycles. The van der Waals surface area contributed by atoms with Crippen LogP contribution in [0.2, 0.25) is 16.2 Å². The van der Waals surface area contributed by atoms with Gasteiger partial charge in [0.05, 0.1) is 0 Å². The predicted molar refractivity (Wildman–Crippen MR) is 143 cm³/mol. The van der Waals surface area contributed by atoms with Crippen molar-refractivity contribution in [1.82, 2.24) is 0 Å². The lowest BCUT2D eigenvalue weighted by atomic mass is 10.1. The van der Waals surface area contributed by atoms with Gasteiger partial charge in [0.15, 0.2) is 0 Å². The van der Waals surface area contributed by atoms with Crippen LogP contribution in [0.25, 0.3) is 0 Å². The molecule has 0 aliphatic rings. The highest BCUT2D eigenvalue weighted by Gasteiger charge is 2.80. The fraction of sp³-hybridized carbons (Fsp3) is 1.00. The van der Waals surface area contributed by atoms with E-state index in [1.807, 2.05) is 6.92 Å². The highest BCUT2D eigenvalue weighted by atomic mass is 28.5. The summed E-state index contributed by atoms with van der Waals surface area (Å²) in [5.74, 6) is 0. The molecule has 0 saturated carbocycles. The molecule has 0 aromatic heterocycles. The summed E-state index contributed by atoms with van der Waals surface area (Å²) in [4.78, 5) is 0. The Balaban J connectivity index is 6.63. The van der Waals surface area contributed by atoms with Gasteiger partial charge < -0.3 is 53.1 Å². The first kappa shape index (κ1) is 36.4. The summed E-state index contributed by atoms with van der Waals surface area (Å²) in [7, 11) is 5.68. The Bertz CT molecular complexity index is 534. The molecule has 0 N–H and O–H groups in total. The molecule has 12 nitrogen and oxygen atoms in total. The lowest BCUT2D eigenvalue weighted by molar-refractivity contribution is 0.0375. The summed E-state index contributed by atoms with van der Waals surface area (Å²) in [5, 5.41) is 0. The first-order valence-electron chi connectivity index (χ1n) is 11.7. The van der Waals surface area contributed by atoms with Gasteiger partial charge in [0.1, 0.15) is 4.66 Å². The Morgan fingerprint density at radius 3 is 1.11 bits per heavy atom. The molecular weight excluding hydrogens is 545 g/mol. The third-order valence-corrected chi connectivity index (χ3v) is 22.4. The molecule has 0 bridgehead atoms. The van der Waals surface area contributed by atoms with Gasteiger partial charge in [-0.3, -0.25) is 0 Å². The van der Waals surface area contributed by atoms with Crippen LogP contribution in [0.3, 0.4) is 0 Å². The van der Waals surface area contributed by atoms with Crippen molar-refractivity contribution < 1.29 is 53.1 Å². The van der Waals surface area contributed by atoms with E-state index in [9.17, 15) is 0 Å². The summed E-state index contributed by atoms with van der Waals surface area (Å²) in [5.41, 5.74) is -0.433. The number of rotatable bonds is 22. The molecule has 0 fully saturated rings. The zero-order valence-corrected chi connectivity index (χ0v) is 28.5. The van der Waals surface area contributed by atoms with Gasteiger partial charge in [0.2, 0.25) is 0 Å². The standard InChI is InChI=1S/C20H50O12Si4/c1-20(35(27-8,28-9)29-10,36(30-11,31-12)32-13)19(34(24-5,25-6)26-7)17-15-14-16-18-33(21-2,22-3)23-4/h19H,14-18H2,1-13H3. The van der Waals surface area contributed by atoms with E-state index >= 15 is 0 Å². The molecule has 16 heteroatoms. The van der Waals surface area contributed by atoms with E-state index in [4.69, 9.17) is 53.1 Å². The maximum absolute atomic E-state index is 6.04. The van der Waals surface area contributed by atoms with E-state index in [0.29, 0.717) is 12.5 Å². The average molecular weight is 595 g/mol. The molecule has 1 atom stereocenters. The van der Waals surface area contributed by atoms with Crippen LogP contribution >= 0.6 is 0 Å². The van der Waals surface area contributed by atoms with Crippen molar-refractivity contribution in [2.75, 3.05) is 85.3 Å². The SMILES string of the molecule is CO[Si](CCCCCC(C(C)([Si](OC)(OC)OC)[Si](OC)(OC)OC)[Si](OC)(OC)OC)(OC)OC. The van der Waals surface area contributed by atoms with Crippen molar-refractivity contribution in [3.05, 3.63) is 0 Å². The second kappa shape index (κ2) is 16.5. The summed E-state index contributed by atoms with van der Waals surface area (Å²) in [6.07, 6.45) is 3.10. The first-order valence-corrected chi connectivity index (χ1v) is 18.9. The van der Waals surface area contributed by atoms with E-state index in [0.717, 1.165) is 19.3 Å². The van der Waals surface area contributed by atoms with Gasteiger partial charge in [-0.25, -0.2) is 0 Å². The van der Waals surface area contributed by atoms with Crippen molar-refractivity contribution in [2.24, 2.45) is 0 Å². The van der Waals surface area contributed by atoms with Gasteiger partial charge in [0, 0.05) is 96.9 Å². The van der Waals surface area contributed by atoms with Gasteiger partial charge in [-0.2, -0.15) is 0 Å². The number of hydrogen-bond acceptors (Lipinski definition) is 12. The van der Waals surface area contributed by atoms with Crippen LogP contribution in [-0.2, 0) is 53.1 Å². The minimum absolute atomic E-state index is 0.433. The smallest absolute Gasteiger partial charge is 0.377 e. The predicted octanol–water partition coefficient (Wildman–Crippen LogP) is 2.73. The Labute approximate surface area is 222 Å². The van der Waals surface area contributed by atoms with Gasteiger partial charge >= 0.3 is 35.2 Å². The zero-order chi connectivity index (χ0) is 28.1. The van der Waals surface area contributed by atoms with Crippen molar-refractivity contribution in [2.45, 2.75) is 48.9 Å². The van der Waals surface area contributed by atoms with Crippen LogP contribution in [0.15, 0.2) is 0 Å². The normalized spacial score (nSPS) is 14.9. The summed E-state index contributed by atoms with van der Waals surface area (Å²) < 4.78 is 69.9. The van der Waals surface area contributed by atoms with E-state index < -0.39 is 45.4 Å². The highest BCUT2D eigenvalue weighted by molar-refractivity contribution is 6.88. The lowest BCUT2D eigenvalue weighted by Gasteiger charge is -2.53. The molecule has 36 heavy (non-hydrogen) atoms. The Morgan fingerprint density at radius 2 is 0.833 bits per heavy atom. The lowest BCUT2D eigenvalue weighted by Crippen LogP contribution is -2.73. The van der Waals surface area contributed by atoms with Crippen LogP contribution in [0.1, 0.15) is 32.6 Å². The van der Waals surface area contributed by atoms with Crippen molar-refractivity contribution in [3.8, 4) is 0 Å². The maximum atomic E-state index is 6.04. The van der Waals surface area contributed by atoms with Crippen LogP contribution < -0.4 is 0 Å². The van der Waals surface area contributed by atoms with Crippen LogP contribution in [0.4, 0.5) is 0 Å². The molecule has 0 aromatic rings. The molecule has 0 aliphatic heterocycles. The van der Waals surface area contributed by atoms with Gasteiger partial charge in [-0.1, -0.05) is 19.8 Å². The monoisotopic (exact) mass is 594 g/mol. The third kappa shape index (κ3) is 6.74. The molecule has 0 aromatic carbocycles. The van der Waals surface area contributed by atoms with Crippen molar-refractivity contribution in [1.29, 1.82) is 0 Å². The number of hydrogen-bond donors (Lipinski definition) is 0. The molecule has 0 saturated heterocycles. The summed E-state index contributed by atoms with van der Waals surface area (Å²) >= 11 is 0. The quantitative estimate of drug-likeness (QED) is 0.136. The third-order valence-electron chi connectivity index (χ3n) is 7.27. The molecule has 218 valence electrons. The fourth-order valence-corrected chi connectivity index (χ4v) is 19.9. The summed E-state index contributed by atoms with van der Waals surface area (Å²) in [6.45, 7) is 1.95. The van der Waals surface area contributed by atoms with Crippen molar-refractivity contribution in [3.63, 3.8) is 0 Å². The van der Waals surface area contributed by atoms with Crippen LogP contribution in [-0.4, -0.2) is 121 Å². The minimum Gasteiger partial charge on any atom is -0.377 e. The fourth-order valence-electron chi connectivity index (χ4n) is 5.31. The number of unbranched alkanes of at least 4 members (excludes halogenated alkanes) is 2. The molecule has 0 rings (SSSR count). The van der Waals surface area contributed by atoms with E-state index in [1.54, 1.807) is 85.3 Å². The molecule has 0 spiro atoms. The van der Waals surface area contributed by atoms with Gasteiger partial charge in [-0.05, 0) is 12.8 Å². The average Bonchev–Trinajstić information content (AvgIpc) is 2.93. The molecule has 0 radical (unpaired) electrons. The van der Waals surface area contributed by atoms with Gasteiger partial charge in [-0.15, -0.1) is 0 Å². The first-order chi connectivity index (χ1) is 17.1. The Morgan fingerprint density at radius 1 is 0.472 bits per heavy atom. The Hall–Kier alpha value is 0.388. The van der Waals surface area contributed by atoms with E-state index in [-0.39, 0.29) is 0 Å². The summed E-state index contributed by atoms with van der Waals surface area (Å²) in [6, 6.07) is 0.694. The van der Waals surface area contributed by atoms with E-state index in [2.05, 4.69) is 0 Å². The molecular formula is C20H50O12Si4. The molecule has 0 aliphatic carbocycles. The maximum Gasteiger partial charge on any atom is 0.511 e. The van der Waals surface area contributed by atoms with Crippen molar-refractivity contribution >= 4 is 35.2 Å². The topological polar surface area (TPSA) is 111 Å². The molecule has 0 amide bonds.